The van der Waals surface area contributed by atoms with Gasteiger partial charge in [-0.2, -0.15) is 0 Å². The third kappa shape index (κ3) is 2.29. The zero-order valence-electron chi connectivity index (χ0n) is 11.2. The number of amides is 1. The molecule has 0 spiro atoms. The van der Waals surface area contributed by atoms with Crippen molar-refractivity contribution in [2.24, 2.45) is 5.41 Å². The van der Waals surface area contributed by atoms with E-state index in [1.54, 1.807) is 24.6 Å². The highest BCUT2D eigenvalue weighted by atomic mass is 32.1. The van der Waals surface area contributed by atoms with E-state index in [-0.39, 0.29) is 17.4 Å². The maximum absolute atomic E-state index is 12.6. The third-order valence-corrected chi connectivity index (χ3v) is 4.84. The number of rotatable bonds is 5. The Morgan fingerprint density at radius 3 is 2.83 bits per heavy atom. The van der Waals surface area contributed by atoms with Crippen LogP contribution in [0.3, 0.4) is 0 Å². The van der Waals surface area contributed by atoms with E-state index in [1.807, 2.05) is 24.3 Å². The van der Waals surface area contributed by atoms with Gasteiger partial charge < -0.3 is 9.64 Å². The second-order valence-corrected chi connectivity index (χ2v) is 5.96. The Morgan fingerprint density at radius 2 is 2.39 bits per heavy atom. The molecular formula is C13H20N2O2S. The van der Waals surface area contributed by atoms with E-state index in [9.17, 15) is 4.79 Å². The largest absolute Gasteiger partial charge is 0.384 e. The van der Waals surface area contributed by atoms with Crippen LogP contribution in [-0.2, 0) is 9.53 Å². The summed E-state index contributed by atoms with van der Waals surface area (Å²) in [6.07, 6.45) is 4.78. The number of thiazole rings is 1. The molecule has 1 saturated carbocycles. The Balaban J connectivity index is 2.08. The molecule has 1 aromatic heterocycles. The van der Waals surface area contributed by atoms with Crippen LogP contribution in [0.5, 0.6) is 0 Å². The number of hydrogen-bond acceptors (Lipinski definition) is 4. The van der Waals surface area contributed by atoms with Gasteiger partial charge in [-0.1, -0.05) is 6.42 Å². The molecular weight excluding hydrogens is 248 g/mol. The predicted molar refractivity (Wildman–Crippen MR) is 71.5 cm³/mol. The van der Waals surface area contributed by atoms with Crippen LogP contribution < -0.4 is 0 Å². The summed E-state index contributed by atoms with van der Waals surface area (Å²) in [5, 5.41) is 2.93. The van der Waals surface area contributed by atoms with Gasteiger partial charge in [0.15, 0.2) is 0 Å². The molecule has 1 fully saturated rings. The summed E-state index contributed by atoms with van der Waals surface area (Å²) in [5.74, 6) is 0.193. The highest BCUT2D eigenvalue weighted by molar-refractivity contribution is 7.09. The van der Waals surface area contributed by atoms with Gasteiger partial charge in [-0.15, -0.1) is 11.3 Å². The molecule has 0 bridgehead atoms. The van der Waals surface area contributed by atoms with Crippen molar-refractivity contribution >= 4 is 17.2 Å². The van der Waals surface area contributed by atoms with E-state index >= 15 is 0 Å². The van der Waals surface area contributed by atoms with Gasteiger partial charge in [0.25, 0.3) is 0 Å². The third-order valence-electron chi connectivity index (χ3n) is 3.90. The minimum atomic E-state index is -0.283. The van der Waals surface area contributed by atoms with Crippen LogP contribution in [0.1, 0.15) is 37.2 Å². The Kier molecular flexibility index (Phi) is 4.02. The first-order chi connectivity index (χ1) is 8.60. The van der Waals surface area contributed by atoms with Gasteiger partial charge >= 0.3 is 0 Å². The fourth-order valence-corrected chi connectivity index (χ4v) is 3.19. The van der Waals surface area contributed by atoms with Crippen molar-refractivity contribution in [1.29, 1.82) is 0 Å². The first-order valence-corrected chi connectivity index (χ1v) is 7.14. The van der Waals surface area contributed by atoms with Gasteiger partial charge in [0, 0.05) is 25.7 Å². The van der Waals surface area contributed by atoms with E-state index < -0.39 is 0 Å². The minimum Gasteiger partial charge on any atom is -0.384 e. The molecule has 100 valence electrons. The van der Waals surface area contributed by atoms with Crippen LogP contribution in [-0.4, -0.2) is 36.6 Å². The molecule has 0 unspecified atom stereocenters. The van der Waals surface area contributed by atoms with Gasteiger partial charge in [-0.25, -0.2) is 4.98 Å². The van der Waals surface area contributed by atoms with Crippen molar-refractivity contribution in [2.75, 3.05) is 20.8 Å². The van der Waals surface area contributed by atoms with Crippen molar-refractivity contribution in [3.05, 3.63) is 16.6 Å². The Morgan fingerprint density at radius 1 is 1.67 bits per heavy atom. The molecule has 1 amide bonds. The summed E-state index contributed by atoms with van der Waals surface area (Å²) < 4.78 is 5.23. The van der Waals surface area contributed by atoms with Crippen molar-refractivity contribution in [2.45, 2.75) is 32.2 Å². The highest BCUT2D eigenvalue weighted by Crippen LogP contribution is 2.43. The maximum Gasteiger partial charge on any atom is 0.231 e. The van der Waals surface area contributed by atoms with E-state index in [0.29, 0.717) is 6.61 Å². The molecule has 4 nitrogen and oxygen atoms in total. The van der Waals surface area contributed by atoms with Crippen LogP contribution in [0.25, 0.3) is 0 Å². The van der Waals surface area contributed by atoms with Crippen LogP contribution in [0.2, 0.25) is 0 Å². The molecule has 5 heteroatoms. The lowest BCUT2D eigenvalue weighted by Gasteiger charge is -2.43. The second-order valence-electron chi connectivity index (χ2n) is 5.03. The van der Waals surface area contributed by atoms with Gasteiger partial charge in [-0.3, -0.25) is 4.79 Å². The molecule has 0 aromatic carbocycles. The average Bonchev–Trinajstić information content (AvgIpc) is 2.84. The summed E-state index contributed by atoms with van der Waals surface area (Å²) >= 11 is 1.59. The fraction of sp³-hybridized carbons (Fsp3) is 0.692. The average molecular weight is 268 g/mol. The summed E-state index contributed by atoms with van der Waals surface area (Å²) in [7, 11) is 3.53. The van der Waals surface area contributed by atoms with Crippen LogP contribution in [0, 0.1) is 5.41 Å². The van der Waals surface area contributed by atoms with Crippen molar-refractivity contribution < 1.29 is 9.53 Å². The number of methoxy groups -OCH3 is 1. The molecule has 1 aliphatic rings. The smallest absolute Gasteiger partial charge is 0.231 e. The predicted octanol–water partition coefficient (Wildman–Crippen LogP) is 2.48. The molecule has 2 rings (SSSR count). The highest BCUT2D eigenvalue weighted by Gasteiger charge is 2.46. The summed E-state index contributed by atoms with van der Waals surface area (Å²) in [5.41, 5.74) is -0.283. The molecule has 1 aromatic rings. The number of hydrogen-bond donors (Lipinski definition) is 0. The van der Waals surface area contributed by atoms with Gasteiger partial charge in [0.2, 0.25) is 5.91 Å². The number of ether oxygens (including phenoxy) is 1. The fourth-order valence-electron chi connectivity index (χ4n) is 2.46. The number of aromatic nitrogens is 1. The summed E-state index contributed by atoms with van der Waals surface area (Å²) in [4.78, 5) is 18.7. The lowest BCUT2D eigenvalue weighted by atomic mass is 9.68. The minimum absolute atomic E-state index is 0.0341. The second kappa shape index (κ2) is 5.36. The van der Waals surface area contributed by atoms with E-state index in [2.05, 4.69) is 4.98 Å². The van der Waals surface area contributed by atoms with E-state index in [1.165, 1.54) is 0 Å². The zero-order chi connectivity index (χ0) is 13.2. The number of carbonyl (C=O) groups is 1. The Labute approximate surface area is 112 Å². The molecule has 1 heterocycles. The molecule has 0 N–H and O–H groups in total. The summed E-state index contributed by atoms with van der Waals surface area (Å²) in [6, 6.07) is 0.0341. The maximum atomic E-state index is 12.6. The van der Waals surface area contributed by atoms with Crippen molar-refractivity contribution in [1.82, 2.24) is 9.88 Å². The topological polar surface area (TPSA) is 42.4 Å². The monoisotopic (exact) mass is 268 g/mol. The number of carbonyl (C=O) groups excluding carboxylic acids is 1. The first-order valence-electron chi connectivity index (χ1n) is 6.26. The van der Waals surface area contributed by atoms with Gasteiger partial charge in [0.05, 0.1) is 18.1 Å². The van der Waals surface area contributed by atoms with E-state index in [0.717, 1.165) is 24.3 Å². The van der Waals surface area contributed by atoms with Gasteiger partial charge in [-0.05, 0) is 19.8 Å². The first kappa shape index (κ1) is 13.5. The molecule has 1 aliphatic carbocycles. The molecule has 0 saturated heterocycles. The molecule has 1 atom stereocenters. The zero-order valence-corrected chi connectivity index (χ0v) is 12.0. The van der Waals surface area contributed by atoms with Crippen LogP contribution >= 0.6 is 11.3 Å². The van der Waals surface area contributed by atoms with Crippen LogP contribution in [0.4, 0.5) is 0 Å². The lowest BCUT2D eigenvalue weighted by Crippen LogP contribution is -2.49. The Hall–Kier alpha value is -0.940. The van der Waals surface area contributed by atoms with Crippen LogP contribution in [0.15, 0.2) is 11.6 Å². The molecule has 18 heavy (non-hydrogen) atoms. The van der Waals surface area contributed by atoms with Crippen molar-refractivity contribution in [3.8, 4) is 0 Å². The quantitative estimate of drug-likeness (QED) is 0.824. The lowest BCUT2D eigenvalue weighted by molar-refractivity contribution is -0.152. The summed E-state index contributed by atoms with van der Waals surface area (Å²) in [6.45, 7) is 2.55. The normalized spacial score (nSPS) is 19.1. The standard InChI is InChI=1S/C13H20N2O2S/c1-10(11-14-7-8-18-11)15(2)12(16)13(9-17-3)5-4-6-13/h7-8,10H,4-6,9H2,1-3H3/t10-/m0/s1. The van der Waals surface area contributed by atoms with Crippen molar-refractivity contribution in [3.63, 3.8) is 0 Å². The molecule has 0 radical (unpaired) electrons. The van der Waals surface area contributed by atoms with Gasteiger partial charge in [0.1, 0.15) is 5.01 Å². The SMILES string of the molecule is COCC1(C(=O)N(C)[C@@H](C)c2nccs2)CCC1. The molecule has 0 aliphatic heterocycles. The Bertz CT molecular complexity index is 401. The number of nitrogens with zero attached hydrogens (tertiary/aromatic N) is 2. The van der Waals surface area contributed by atoms with E-state index in [4.69, 9.17) is 4.74 Å².